The van der Waals surface area contributed by atoms with E-state index in [1.54, 1.807) is 7.05 Å². The molecule has 7 heteroatoms. The highest BCUT2D eigenvalue weighted by molar-refractivity contribution is 14.0. The third-order valence-electron chi connectivity index (χ3n) is 4.19. The van der Waals surface area contributed by atoms with E-state index in [1.165, 1.54) is 12.1 Å². The molecule has 4 nitrogen and oxygen atoms in total. The molecule has 1 unspecified atom stereocenters. The van der Waals surface area contributed by atoms with Gasteiger partial charge in [0.25, 0.3) is 0 Å². The van der Waals surface area contributed by atoms with E-state index >= 15 is 0 Å². The summed E-state index contributed by atoms with van der Waals surface area (Å²) >= 11 is 0. The highest BCUT2D eigenvalue weighted by Crippen LogP contribution is 2.31. The van der Waals surface area contributed by atoms with Gasteiger partial charge >= 0.3 is 0 Å². The van der Waals surface area contributed by atoms with Gasteiger partial charge in [-0.3, -0.25) is 4.99 Å². The molecule has 1 aliphatic heterocycles. The van der Waals surface area contributed by atoms with Crippen molar-refractivity contribution in [3.8, 4) is 5.75 Å². The zero-order chi connectivity index (χ0) is 17.6. The van der Waals surface area contributed by atoms with Gasteiger partial charge in [0.05, 0.1) is 12.6 Å². The monoisotopic (exact) mass is 473 g/mol. The number of para-hydroxylation sites is 1. The number of fused-ring (bicyclic) bond motifs is 1. The number of nitrogens with one attached hydrogen (secondary N) is 2. The van der Waals surface area contributed by atoms with Gasteiger partial charge < -0.3 is 15.4 Å². The molecule has 2 N–H and O–H groups in total. The van der Waals surface area contributed by atoms with Crippen LogP contribution in [0.5, 0.6) is 5.75 Å². The summed E-state index contributed by atoms with van der Waals surface area (Å²) in [5, 5.41) is 6.55. The molecule has 140 valence electrons. The van der Waals surface area contributed by atoms with Crippen molar-refractivity contribution in [3.05, 3.63) is 65.2 Å². The van der Waals surface area contributed by atoms with Gasteiger partial charge in [0.15, 0.2) is 5.96 Å². The van der Waals surface area contributed by atoms with Crippen molar-refractivity contribution in [2.75, 3.05) is 20.2 Å². The summed E-state index contributed by atoms with van der Waals surface area (Å²) in [6.45, 7) is 1.14. The van der Waals surface area contributed by atoms with Crippen LogP contribution in [-0.4, -0.2) is 26.2 Å². The average Bonchev–Trinajstić information content (AvgIpc) is 2.62. The van der Waals surface area contributed by atoms with Crippen molar-refractivity contribution in [1.29, 1.82) is 0 Å². The van der Waals surface area contributed by atoms with Crippen LogP contribution in [0.1, 0.15) is 23.6 Å². The lowest BCUT2D eigenvalue weighted by Gasteiger charge is -2.28. The first kappa shape index (κ1) is 20.4. The van der Waals surface area contributed by atoms with Crippen molar-refractivity contribution in [3.63, 3.8) is 0 Å². The van der Waals surface area contributed by atoms with Crippen LogP contribution in [0.2, 0.25) is 0 Å². The largest absolute Gasteiger partial charge is 0.493 e. The molecule has 26 heavy (non-hydrogen) atoms. The lowest BCUT2D eigenvalue weighted by atomic mass is 10.0. The molecule has 0 saturated heterocycles. The van der Waals surface area contributed by atoms with Gasteiger partial charge in [-0.1, -0.05) is 24.3 Å². The third-order valence-corrected chi connectivity index (χ3v) is 4.19. The molecule has 1 aliphatic rings. The first-order valence-electron chi connectivity index (χ1n) is 8.30. The molecule has 0 radical (unpaired) electrons. The Morgan fingerprint density at radius 2 is 2.04 bits per heavy atom. The van der Waals surface area contributed by atoms with Crippen molar-refractivity contribution in [2.45, 2.75) is 18.9 Å². The van der Waals surface area contributed by atoms with Gasteiger partial charge in [-0.15, -0.1) is 24.0 Å². The number of nitrogens with zero attached hydrogens (tertiary/aromatic N) is 1. The Bertz CT molecular complexity index is 770. The van der Waals surface area contributed by atoms with Crippen molar-refractivity contribution < 1.29 is 13.5 Å². The lowest BCUT2D eigenvalue weighted by molar-refractivity contribution is 0.261. The Balaban J connectivity index is 0.00000243. The van der Waals surface area contributed by atoms with E-state index in [-0.39, 0.29) is 30.0 Å². The highest BCUT2D eigenvalue weighted by atomic mass is 127. The van der Waals surface area contributed by atoms with Crippen LogP contribution in [0, 0.1) is 11.6 Å². The van der Waals surface area contributed by atoms with Gasteiger partial charge in [-0.05, 0) is 24.1 Å². The molecule has 2 aromatic rings. The molecule has 0 aromatic heterocycles. The van der Waals surface area contributed by atoms with E-state index in [4.69, 9.17) is 4.74 Å². The van der Waals surface area contributed by atoms with E-state index in [0.717, 1.165) is 23.8 Å². The minimum atomic E-state index is -0.565. The number of rotatable bonds is 4. The van der Waals surface area contributed by atoms with Gasteiger partial charge in [0, 0.05) is 31.6 Å². The van der Waals surface area contributed by atoms with Gasteiger partial charge in [-0.25, -0.2) is 8.78 Å². The van der Waals surface area contributed by atoms with Crippen LogP contribution in [0.25, 0.3) is 0 Å². The van der Waals surface area contributed by atoms with Gasteiger partial charge in [-0.2, -0.15) is 0 Å². The number of benzene rings is 2. The van der Waals surface area contributed by atoms with Crippen LogP contribution >= 0.6 is 24.0 Å². The summed E-state index contributed by atoms with van der Waals surface area (Å²) in [4.78, 5) is 4.22. The first-order chi connectivity index (χ1) is 12.2. The number of ether oxygens (including phenoxy) is 1. The summed E-state index contributed by atoms with van der Waals surface area (Å²) in [6, 6.07) is 11.7. The summed E-state index contributed by atoms with van der Waals surface area (Å²) in [7, 11) is 1.69. The fraction of sp³-hybridized carbons (Fsp3) is 0.316. The average molecular weight is 473 g/mol. The second-order valence-electron chi connectivity index (χ2n) is 5.86. The van der Waals surface area contributed by atoms with Crippen molar-refractivity contribution in [2.24, 2.45) is 4.99 Å². The van der Waals surface area contributed by atoms with E-state index in [2.05, 4.69) is 15.6 Å². The number of hydrogen-bond acceptors (Lipinski definition) is 2. The molecule has 0 spiro atoms. The molecule has 0 saturated carbocycles. The summed E-state index contributed by atoms with van der Waals surface area (Å²) < 4.78 is 32.3. The number of aliphatic imine (C=N–C) groups is 1. The molecule has 1 atom stereocenters. The Labute approximate surface area is 169 Å². The predicted molar refractivity (Wildman–Crippen MR) is 109 cm³/mol. The molecule has 1 heterocycles. The molecular weight excluding hydrogens is 451 g/mol. The van der Waals surface area contributed by atoms with Crippen LogP contribution in [-0.2, 0) is 6.42 Å². The Kier molecular flexibility index (Phi) is 7.62. The maximum atomic E-state index is 13.7. The van der Waals surface area contributed by atoms with Gasteiger partial charge in [0.1, 0.15) is 17.4 Å². The van der Waals surface area contributed by atoms with Crippen LogP contribution in [0.4, 0.5) is 8.78 Å². The van der Waals surface area contributed by atoms with E-state index in [1.807, 2.05) is 24.3 Å². The van der Waals surface area contributed by atoms with Crippen LogP contribution in [0.15, 0.2) is 47.5 Å². The molecule has 0 amide bonds. The second-order valence-corrected chi connectivity index (χ2v) is 5.86. The summed E-state index contributed by atoms with van der Waals surface area (Å²) in [5.41, 5.74) is 1.57. The standard InChI is InChI=1S/C19H21F2N3O.HI/c1-22-19(23-10-8-13-6-7-14(20)12-16(13)21)24-17-9-11-25-18-5-3-2-4-15(17)18;/h2-7,12,17H,8-11H2,1H3,(H2,22,23,24);1H. The number of hydrogen-bond donors (Lipinski definition) is 2. The van der Waals surface area contributed by atoms with Crippen molar-refractivity contribution in [1.82, 2.24) is 10.6 Å². The minimum Gasteiger partial charge on any atom is -0.493 e. The third kappa shape index (κ3) is 5.06. The molecule has 3 rings (SSSR count). The van der Waals surface area contributed by atoms with E-state index < -0.39 is 11.6 Å². The molecular formula is C19H22F2IN3O. The van der Waals surface area contributed by atoms with E-state index in [9.17, 15) is 8.78 Å². The van der Waals surface area contributed by atoms with Gasteiger partial charge in [0.2, 0.25) is 0 Å². The lowest BCUT2D eigenvalue weighted by Crippen LogP contribution is -2.41. The minimum absolute atomic E-state index is 0. The molecule has 2 aromatic carbocycles. The maximum Gasteiger partial charge on any atom is 0.191 e. The Morgan fingerprint density at radius 1 is 1.23 bits per heavy atom. The smallest absolute Gasteiger partial charge is 0.191 e. The van der Waals surface area contributed by atoms with Crippen LogP contribution < -0.4 is 15.4 Å². The topological polar surface area (TPSA) is 45.7 Å². The summed E-state index contributed by atoms with van der Waals surface area (Å²) in [6.07, 6.45) is 1.28. The number of guanidine groups is 1. The van der Waals surface area contributed by atoms with Crippen molar-refractivity contribution >= 4 is 29.9 Å². The molecule has 0 bridgehead atoms. The summed E-state index contributed by atoms with van der Waals surface area (Å²) in [5.74, 6) is 0.437. The fourth-order valence-electron chi connectivity index (χ4n) is 2.89. The predicted octanol–water partition coefficient (Wildman–Crippen LogP) is 3.81. The first-order valence-corrected chi connectivity index (χ1v) is 8.30. The Morgan fingerprint density at radius 3 is 2.81 bits per heavy atom. The molecule has 0 aliphatic carbocycles. The quantitative estimate of drug-likeness (QED) is 0.404. The zero-order valence-corrected chi connectivity index (χ0v) is 16.8. The highest BCUT2D eigenvalue weighted by Gasteiger charge is 2.21. The zero-order valence-electron chi connectivity index (χ0n) is 14.5. The van der Waals surface area contributed by atoms with E-state index in [0.29, 0.717) is 31.1 Å². The fourth-order valence-corrected chi connectivity index (χ4v) is 2.89. The second kappa shape index (κ2) is 9.70. The molecule has 0 fully saturated rings. The normalized spacial score (nSPS) is 16.1. The number of halogens is 3. The van der Waals surface area contributed by atoms with Crippen LogP contribution in [0.3, 0.4) is 0 Å². The Hall–Kier alpha value is -1.90. The maximum absolute atomic E-state index is 13.7. The SMILES string of the molecule is CN=C(NCCc1ccc(F)cc1F)NC1CCOc2ccccc21.I.